The molecule has 1 aromatic rings. The first kappa shape index (κ1) is 12.7. The van der Waals surface area contributed by atoms with Crippen LogP contribution >= 0.6 is 0 Å². The molecule has 0 spiro atoms. The highest BCUT2D eigenvalue weighted by atomic mass is 16.5. The highest BCUT2D eigenvalue weighted by Crippen LogP contribution is 2.18. The van der Waals surface area contributed by atoms with Crippen LogP contribution < -0.4 is 10.1 Å². The van der Waals surface area contributed by atoms with Gasteiger partial charge >= 0.3 is 0 Å². The van der Waals surface area contributed by atoms with Crippen LogP contribution in [-0.2, 0) is 11.3 Å². The average Bonchev–Trinajstić information content (AvgIpc) is 2.21. The molecule has 0 aliphatic carbocycles. The summed E-state index contributed by atoms with van der Waals surface area (Å²) in [5.74, 6) is 1.08. The van der Waals surface area contributed by atoms with Crippen LogP contribution in [0.4, 0.5) is 0 Å². The van der Waals surface area contributed by atoms with Gasteiger partial charge in [-0.1, -0.05) is 12.1 Å². The fraction of sp³-hybridized carbons (Fsp3) is 0.462. The van der Waals surface area contributed by atoms with Gasteiger partial charge in [-0.05, 0) is 38.0 Å². The molecule has 3 heteroatoms. The van der Waals surface area contributed by atoms with E-state index in [1.807, 2.05) is 26.0 Å². The molecular weight excluding hydrogens is 202 g/mol. The van der Waals surface area contributed by atoms with Crippen LogP contribution in [0.3, 0.4) is 0 Å². The summed E-state index contributed by atoms with van der Waals surface area (Å²) >= 11 is 0. The minimum Gasteiger partial charge on any atom is -0.494 e. The summed E-state index contributed by atoms with van der Waals surface area (Å²) in [6.07, 6.45) is 0. The number of aryl methyl sites for hydroxylation is 1. The molecule has 0 bridgehead atoms. The minimum atomic E-state index is 0.155. The van der Waals surface area contributed by atoms with Crippen LogP contribution in [0, 0.1) is 6.92 Å². The van der Waals surface area contributed by atoms with E-state index >= 15 is 0 Å². The Morgan fingerprint density at radius 1 is 1.44 bits per heavy atom. The quantitative estimate of drug-likeness (QED) is 0.799. The Balaban J connectivity index is 2.55. The third-order valence-corrected chi connectivity index (χ3v) is 2.24. The Morgan fingerprint density at radius 2 is 2.19 bits per heavy atom. The van der Waals surface area contributed by atoms with Crippen molar-refractivity contribution in [3.8, 4) is 5.75 Å². The van der Waals surface area contributed by atoms with E-state index in [1.165, 1.54) is 5.56 Å². The van der Waals surface area contributed by atoms with Gasteiger partial charge in [-0.25, -0.2) is 0 Å². The van der Waals surface area contributed by atoms with Crippen LogP contribution in [0.25, 0.3) is 0 Å². The monoisotopic (exact) mass is 221 g/mol. The normalized spacial score (nSPS) is 10.2. The van der Waals surface area contributed by atoms with E-state index in [0.717, 1.165) is 11.3 Å². The molecule has 0 heterocycles. The molecule has 1 aromatic carbocycles. The van der Waals surface area contributed by atoms with Crippen molar-refractivity contribution in [2.45, 2.75) is 27.3 Å². The third kappa shape index (κ3) is 4.03. The van der Waals surface area contributed by atoms with Gasteiger partial charge in [-0.2, -0.15) is 0 Å². The van der Waals surface area contributed by atoms with Gasteiger partial charge in [-0.15, -0.1) is 0 Å². The maximum Gasteiger partial charge on any atom is 0.143 e. The Hall–Kier alpha value is -1.35. The molecule has 0 radical (unpaired) electrons. The number of carbonyl (C=O) groups is 1. The van der Waals surface area contributed by atoms with Gasteiger partial charge in [0, 0.05) is 6.54 Å². The standard InChI is InChI=1S/C13H19NO2/c1-4-16-13-6-5-12(7-10(13)2)9-14-8-11(3)15/h5-7,14H,4,8-9H2,1-3H3. The van der Waals surface area contributed by atoms with E-state index in [-0.39, 0.29) is 5.78 Å². The summed E-state index contributed by atoms with van der Waals surface area (Å²) in [7, 11) is 0. The molecule has 88 valence electrons. The Labute approximate surface area is 96.8 Å². The average molecular weight is 221 g/mol. The summed E-state index contributed by atoms with van der Waals surface area (Å²) < 4.78 is 5.46. The van der Waals surface area contributed by atoms with E-state index in [4.69, 9.17) is 4.74 Å². The highest BCUT2D eigenvalue weighted by molar-refractivity contribution is 5.77. The molecule has 16 heavy (non-hydrogen) atoms. The zero-order chi connectivity index (χ0) is 12.0. The minimum absolute atomic E-state index is 0.155. The van der Waals surface area contributed by atoms with Crippen LogP contribution in [0.2, 0.25) is 0 Å². The number of rotatable bonds is 6. The molecule has 0 saturated carbocycles. The second-order valence-electron chi connectivity index (χ2n) is 3.84. The molecule has 0 fully saturated rings. The van der Waals surface area contributed by atoms with Crippen molar-refractivity contribution >= 4 is 5.78 Å². The van der Waals surface area contributed by atoms with Gasteiger partial charge in [0.2, 0.25) is 0 Å². The van der Waals surface area contributed by atoms with E-state index < -0.39 is 0 Å². The lowest BCUT2D eigenvalue weighted by Gasteiger charge is -2.09. The van der Waals surface area contributed by atoms with Crippen LogP contribution in [-0.4, -0.2) is 18.9 Å². The van der Waals surface area contributed by atoms with Crippen molar-refractivity contribution in [1.82, 2.24) is 5.32 Å². The zero-order valence-corrected chi connectivity index (χ0v) is 10.2. The smallest absolute Gasteiger partial charge is 0.143 e. The molecule has 1 N–H and O–H groups in total. The molecule has 1 rings (SSSR count). The number of hydrogen-bond acceptors (Lipinski definition) is 3. The molecule has 0 atom stereocenters. The van der Waals surface area contributed by atoms with Gasteiger partial charge in [0.25, 0.3) is 0 Å². The molecule has 0 amide bonds. The second kappa shape index (κ2) is 6.28. The van der Waals surface area contributed by atoms with Crippen molar-refractivity contribution in [3.63, 3.8) is 0 Å². The maximum atomic E-state index is 10.8. The zero-order valence-electron chi connectivity index (χ0n) is 10.2. The van der Waals surface area contributed by atoms with Crippen molar-refractivity contribution in [3.05, 3.63) is 29.3 Å². The van der Waals surface area contributed by atoms with Gasteiger partial charge in [0.15, 0.2) is 0 Å². The van der Waals surface area contributed by atoms with Crippen molar-refractivity contribution in [2.75, 3.05) is 13.2 Å². The summed E-state index contributed by atoms with van der Waals surface area (Å²) in [5.41, 5.74) is 2.30. The number of ether oxygens (including phenoxy) is 1. The molecular formula is C13H19NO2. The molecule has 0 unspecified atom stereocenters. The Kier molecular flexibility index (Phi) is 4.99. The first-order valence-electron chi connectivity index (χ1n) is 5.56. The first-order valence-corrected chi connectivity index (χ1v) is 5.56. The number of nitrogens with one attached hydrogen (secondary N) is 1. The number of ketones is 1. The number of carbonyl (C=O) groups excluding carboxylic acids is 1. The fourth-order valence-corrected chi connectivity index (χ4v) is 1.52. The summed E-state index contributed by atoms with van der Waals surface area (Å²) in [4.78, 5) is 10.8. The number of hydrogen-bond donors (Lipinski definition) is 1. The van der Waals surface area contributed by atoms with Gasteiger partial charge < -0.3 is 10.1 Å². The Bertz CT molecular complexity index is 361. The molecule has 0 saturated heterocycles. The van der Waals surface area contributed by atoms with Crippen molar-refractivity contribution in [1.29, 1.82) is 0 Å². The summed E-state index contributed by atoms with van der Waals surface area (Å²) in [6.45, 7) is 7.40. The van der Waals surface area contributed by atoms with Crippen molar-refractivity contribution < 1.29 is 9.53 Å². The first-order chi connectivity index (χ1) is 7.63. The largest absolute Gasteiger partial charge is 0.494 e. The van der Waals surface area contributed by atoms with E-state index in [1.54, 1.807) is 6.92 Å². The number of benzene rings is 1. The van der Waals surface area contributed by atoms with E-state index in [9.17, 15) is 4.79 Å². The lowest BCUT2D eigenvalue weighted by molar-refractivity contribution is -0.116. The van der Waals surface area contributed by atoms with Crippen LogP contribution in [0.1, 0.15) is 25.0 Å². The predicted octanol–water partition coefficient (Wildman–Crippen LogP) is 2.07. The fourth-order valence-electron chi connectivity index (χ4n) is 1.52. The third-order valence-electron chi connectivity index (χ3n) is 2.24. The van der Waals surface area contributed by atoms with Crippen molar-refractivity contribution in [2.24, 2.45) is 0 Å². The van der Waals surface area contributed by atoms with E-state index in [0.29, 0.717) is 19.7 Å². The highest BCUT2D eigenvalue weighted by Gasteiger charge is 2.00. The number of Topliss-reactive ketones (excluding diaryl/α,β-unsaturated/α-hetero) is 1. The van der Waals surface area contributed by atoms with Crippen LogP contribution in [0.5, 0.6) is 5.75 Å². The van der Waals surface area contributed by atoms with Crippen LogP contribution in [0.15, 0.2) is 18.2 Å². The summed E-state index contributed by atoms with van der Waals surface area (Å²) in [6, 6.07) is 6.08. The maximum absolute atomic E-state index is 10.8. The van der Waals surface area contributed by atoms with Gasteiger partial charge in [0.1, 0.15) is 11.5 Å². The predicted molar refractivity (Wildman–Crippen MR) is 64.7 cm³/mol. The molecule has 0 aromatic heterocycles. The topological polar surface area (TPSA) is 38.3 Å². The van der Waals surface area contributed by atoms with Gasteiger partial charge in [-0.3, -0.25) is 4.79 Å². The molecule has 3 nitrogen and oxygen atoms in total. The lowest BCUT2D eigenvalue weighted by atomic mass is 10.1. The van der Waals surface area contributed by atoms with Gasteiger partial charge in [0.05, 0.1) is 13.2 Å². The summed E-state index contributed by atoms with van der Waals surface area (Å²) in [5, 5.41) is 3.09. The van der Waals surface area contributed by atoms with E-state index in [2.05, 4.69) is 11.4 Å². The second-order valence-corrected chi connectivity index (χ2v) is 3.84. The lowest BCUT2D eigenvalue weighted by Crippen LogP contribution is -2.20. The molecule has 0 aliphatic rings. The SMILES string of the molecule is CCOc1ccc(CNCC(C)=O)cc1C. The molecule has 0 aliphatic heterocycles. The Morgan fingerprint density at radius 3 is 2.75 bits per heavy atom.